The fourth-order valence-corrected chi connectivity index (χ4v) is 3.91. The predicted molar refractivity (Wildman–Crippen MR) is 97.1 cm³/mol. The molecular formula is C20H22FN3O. The number of nitrogens with one attached hydrogen (secondary N) is 1. The number of fused-ring (bicyclic) bond motifs is 1. The van der Waals surface area contributed by atoms with Crippen LogP contribution < -0.4 is 10.2 Å². The van der Waals surface area contributed by atoms with Crippen molar-refractivity contribution in [1.29, 1.82) is 0 Å². The zero-order valence-corrected chi connectivity index (χ0v) is 14.3. The van der Waals surface area contributed by atoms with E-state index >= 15 is 0 Å². The molecular weight excluding hydrogens is 317 g/mol. The first-order chi connectivity index (χ1) is 12.1. The zero-order chi connectivity index (χ0) is 17.4. The number of hydrogen-bond donors (Lipinski definition) is 1. The molecule has 1 fully saturated rings. The number of benzene rings is 2. The maximum atomic E-state index is 13.9. The van der Waals surface area contributed by atoms with Gasteiger partial charge >= 0.3 is 0 Å². The maximum Gasteiger partial charge on any atom is 0.252 e. The number of likely N-dealkylation sites (N-methyl/N-ethyl adjacent to an activating group) is 1. The Hall–Kier alpha value is -2.40. The van der Waals surface area contributed by atoms with Crippen LogP contribution in [0.2, 0.25) is 0 Å². The average Bonchev–Trinajstić information content (AvgIpc) is 2.64. The molecule has 0 radical (unpaired) electrons. The van der Waals surface area contributed by atoms with Crippen LogP contribution in [-0.2, 0) is 11.3 Å². The summed E-state index contributed by atoms with van der Waals surface area (Å²) in [5.41, 5.74) is 2.09. The van der Waals surface area contributed by atoms with E-state index in [1.807, 2.05) is 43.4 Å². The van der Waals surface area contributed by atoms with E-state index in [4.69, 9.17) is 0 Å². The van der Waals surface area contributed by atoms with Gasteiger partial charge in [-0.05, 0) is 31.0 Å². The van der Waals surface area contributed by atoms with Crippen LogP contribution in [0.1, 0.15) is 18.4 Å². The molecule has 1 amide bonds. The number of rotatable bonds is 2. The lowest BCUT2D eigenvalue weighted by molar-refractivity contribution is -0.124. The smallest absolute Gasteiger partial charge is 0.252 e. The molecule has 1 spiro atoms. The Balaban J connectivity index is 1.50. The molecule has 0 bridgehead atoms. The van der Waals surface area contributed by atoms with Crippen molar-refractivity contribution < 1.29 is 9.18 Å². The van der Waals surface area contributed by atoms with E-state index < -0.39 is 5.54 Å². The first-order valence-corrected chi connectivity index (χ1v) is 8.70. The number of hydrogen-bond acceptors (Lipinski definition) is 3. The Labute approximate surface area is 147 Å². The quantitative estimate of drug-likeness (QED) is 0.912. The predicted octanol–water partition coefficient (Wildman–Crippen LogP) is 3.25. The number of nitrogens with zero attached hydrogens (tertiary/aromatic N) is 2. The van der Waals surface area contributed by atoms with Gasteiger partial charge in [0.1, 0.15) is 11.4 Å². The summed E-state index contributed by atoms with van der Waals surface area (Å²) < 4.78 is 13.9. The summed E-state index contributed by atoms with van der Waals surface area (Å²) in [5.74, 6) is -0.0416. The third-order valence-electron chi connectivity index (χ3n) is 5.41. The number of amides is 1. The first-order valence-electron chi connectivity index (χ1n) is 8.70. The molecule has 1 saturated heterocycles. The number of anilines is 2. The molecule has 1 N–H and O–H groups in total. The fourth-order valence-electron chi connectivity index (χ4n) is 3.91. The number of carbonyl (C=O) groups is 1. The van der Waals surface area contributed by atoms with Crippen LogP contribution in [0.4, 0.5) is 15.8 Å². The molecule has 130 valence electrons. The van der Waals surface area contributed by atoms with Gasteiger partial charge in [-0.3, -0.25) is 9.69 Å². The fraction of sp³-hybridized carbons (Fsp3) is 0.350. The molecule has 4 nitrogen and oxygen atoms in total. The number of halogens is 1. The largest absolute Gasteiger partial charge is 0.369 e. The molecule has 0 aliphatic carbocycles. The van der Waals surface area contributed by atoms with Crippen LogP contribution in [0.5, 0.6) is 0 Å². The summed E-state index contributed by atoms with van der Waals surface area (Å²) in [6, 6.07) is 14.8. The van der Waals surface area contributed by atoms with Gasteiger partial charge in [-0.15, -0.1) is 0 Å². The monoisotopic (exact) mass is 339 g/mol. The summed E-state index contributed by atoms with van der Waals surface area (Å²) in [4.78, 5) is 17.0. The van der Waals surface area contributed by atoms with Gasteiger partial charge in [-0.1, -0.05) is 30.3 Å². The van der Waals surface area contributed by atoms with Crippen LogP contribution in [0.25, 0.3) is 0 Å². The normalized spacial score (nSPS) is 19.6. The second-order valence-electron chi connectivity index (χ2n) is 6.96. The summed E-state index contributed by atoms with van der Waals surface area (Å²) in [5, 5.41) is 3.50. The van der Waals surface area contributed by atoms with Crippen molar-refractivity contribution in [1.82, 2.24) is 4.90 Å². The van der Waals surface area contributed by atoms with Crippen molar-refractivity contribution in [3.63, 3.8) is 0 Å². The van der Waals surface area contributed by atoms with E-state index in [0.29, 0.717) is 12.1 Å². The lowest BCUT2D eigenvalue weighted by Crippen LogP contribution is -2.61. The third-order valence-corrected chi connectivity index (χ3v) is 5.41. The van der Waals surface area contributed by atoms with Gasteiger partial charge < -0.3 is 10.2 Å². The second kappa shape index (κ2) is 6.15. The lowest BCUT2D eigenvalue weighted by atomic mass is 9.83. The Morgan fingerprint density at radius 3 is 2.52 bits per heavy atom. The van der Waals surface area contributed by atoms with Crippen molar-refractivity contribution >= 4 is 17.3 Å². The summed E-state index contributed by atoms with van der Waals surface area (Å²) >= 11 is 0. The van der Waals surface area contributed by atoms with Crippen molar-refractivity contribution in [3.8, 4) is 0 Å². The van der Waals surface area contributed by atoms with E-state index in [1.165, 1.54) is 6.07 Å². The number of carbonyl (C=O) groups excluding carboxylic acids is 1. The van der Waals surface area contributed by atoms with Crippen molar-refractivity contribution in [3.05, 3.63) is 59.9 Å². The maximum absolute atomic E-state index is 13.9. The zero-order valence-electron chi connectivity index (χ0n) is 14.3. The summed E-state index contributed by atoms with van der Waals surface area (Å²) in [6.07, 6.45) is 1.44. The Kier molecular flexibility index (Phi) is 3.96. The van der Waals surface area contributed by atoms with Gasteiger partial charge in [0.15, 0.2) is 0 Å². The molecule has 0 unspecified atom stereocenters. The van der Waals surface area contributed by atoms with Gasteiger partial charge in [0.25, 0.3) is 5.91 Å². The number of piperidine rings is 1. The lowest BCUT2D eigenvalue weighted by Gasteiger charge is -2.47. The number of para-hydroxylation sites is 2. The Morgan fingerprint density at radius 1 is 1.08 bits per heavy atom. The minimum Gasteiger partial charge on any atom is -0.369 e. The van der Waals surface area contributed by atoms with E-state index in [1.54, 1.807) is 11.0 Å². The standard InChI is InChI=1S/C20H22FN3O/c1-23-18-9-5-4-8-17(18)22-20(19(23)25)10-12-24(13-11-20)14-15-6-2-3-7-16(15)21/h2-9,22H,10-14H2,1H3. The average molecular weight is 339 g/mol. The molecule has 0 atom stereocenters. The van der Waals surface area contributed by atoms with Gasteiger partial charge in [0.2, 0.25) is 0 Å². The van der Waals surface area contributed by atoms with Crippen LogP contribution in [0, 0.1) is 5.82 Å². The summed E-state index contributed by atoms with van der Waals surface area (Å²) in [6.45, 7) is 2.12. The molecule has 2 aromatic carbocycles. The molecule has 4 rings (SSSR count). The Bertz CT molecular complexity index is 799. The van der Waals surface area contributed by atoms with Crippen LogP contribution in [0.15, 0.2) is 48.5 Å². The minimum atomic E-state index is -0.547. The Morgan fingerprint density at radius 2 is 1.76 bits per heavy atom. The van der Waals surface area contributed by atoms with Crippen LogP contribution >= 0.6 is 0 Å². The van der Waals surface area contributed by atoms with Gasteiger partial charge in [-0.2, -0.15) is 0 Å². The minimum absolute atomic E-state index is 0.122. The topological polar surface area (TPSA) is 35.6 Å². The highest BCUT2D eigenvalue weighted by molar-refractivity contribution is 6.07. The van der Waals surface area contributed by atoms with E-state index in [0.717, 1.165) is 37.3 Å². The molecule has 2 aromatic rings. The van der Waals surface area contributed by atoms with Crippen LogP contribution in [0.3, 0.4) is 0 Å². The van der Waals surface area contributed by atoms with Gasteiger partial charge in [0, 0.05) is 32.2 Å². The van der Waals surface area contributed by atoms with E-state index in [9.17, 15) is 9.18 Å². The highest BCUT2D eigenvalue weighted by Gasteiger charge is 2.46. The van der Waals surface area contributed by atoms with Crippen molar-refractivity contribution in [2.45, 2.75) is 24.9 Å². The number of likely N-dealkylation sites (tertiary alicyclic amines) is 1. The molecule has 25 heavy (non-hydrogen) atoms. The molecule has 5 heteroatoms. The molecule has 2 aliphatic rings. The van der Waals surface area contributed by atoms with Crippen molar-refractivity contribution in [2.24, 2.45) is 0 Å². The first kappa shape index (κ1) is 16.1. The van der Waals surface area contributed by atoms with Crippen molar-refractivity contribution in [2.75, 3.05) is 30.4 Å². The highest BCUT2D eigenvalue weighted by atomic mass is 19.1. The summed E-state index contributed by atoms with van der Waals surface area (Å²) in [7, 11) is 1.84. The second-order valence-corrected chi connectivity index (χ2v) is 6.96. The third kappa shape index (κ3) is 2.78. The van der Waals surface area contributed by atoms with E-state index in [2.05, 4.69) is 10.2 Å². The highest BCUT2D eigenvalue weighted by Crippen LogP contribution is 2.39. The van der Waals surface area contributed by atoms with Gasteiger partial charge in [-0.25, -0.2) is 4.39 Å². The van der Waals surface area contributed by atoms with Crippen LogP contribution in [-0.4, -0.2) is 36.5 Å². The molecule has 0 saturated carbocycles. The molecule has 2 heterocycles. The van der Waals surface area contributed by atoms with Gasteiger partial charge in [0.05, 0.1) is 11.4 Å². The van der Waals surface area contributed by atoms with E-state index in [-0.39, 0.29) is 11.7 Å². The molecule has 0 aromatic heterocycles. The SMILES string of the molecule is CN1C(=O)C2(CCN(Cc3ccccc3F)CC2)Nc2ccccc21. The molecule has 2 aliphatic heterocycles.